The van der Waals surface area contributed by atoms with Gasteiger partial charge >= 0.3 is 6.03 Å². The summed E-state index contributed by atoms with van der Waals surface area (Å²) in [5, 5.41) is 2.29. The summed E-state index contributed by atoms with van der Waals surface area (Å²) in [6, 6.07) is 14.2. The van der Waals surface area contributed by atoms with E-state index in [9.17, 15) is 9.59 Å². The third-order valence-corrected chi connectivity index (χ3v) is 8.08. The first-order valence-electron chi connectivity index (χ1n) is 13.1. The summed E-state index contributed by atoms with van der Waals surface area (Å²) < 4.78 is 5.25. The molecule has 2 aromatic carbocycles. The van der Waals surface area contributed by atoms with Crippen LogP contribution in [0.25, 0.3) is 10.8 Å². The maximum absolute atomic E-state index is 13.9. The standard InChI is InChI=1S/C29H37N3O3/c1-35-19-7-16-32-28(34)31(22-24-12-13-25-10-5-6-11-26(25)20-24)27(33)29(32)14-17-30(18-15-29)21-23-8-3-2-4-9-23/h2-3,5-6,10-13,20,23H,4,7-9,14-19,21-22H2,1H3/t23-/m0/s1. The van der Waals surface area contributed by atoms with Crippen molar-refractivity contribution in [2.75, 3.05) is 39.9 Å². The van der Waals surface area contributed by atoms with Crippen LogP contribution in [0.2, 0.25) is 0 Å². The second-order valence-electron chi connectivity index (χ2n) is 10.3. The van der Waals surface area contributed by atoms with Crippen LogP contribution in [0.3, 0.4) is 0 Å². The summed E-state index contributed by atoms with van der Waals surface area (Å²) in [6.07, 6.45) is 10.3. The summed E-state index contributed by atoms with van der Waals surface area (Å²) in [4.78, 5) is 33.4. The molecule has 1 aliphatic carbocycles. The lowest BCUT2D eigenvalue weighted by Crippen LogP contribution is -2.57. The highest BCUT2D eigenvalue weighted by Gasteiger charge is 2.57. The molecule has 0 saturated carbocycles. The Balaban J connectivity index is 1.33. The fourth-order valence-electron chi connectivity index (χ4n) is 6.09. The number of methoxy groups -OCH3 is 1. The molecule has 0 aromatic heterocycles. The maximum Gasteiger partial charge on any atom is 0.327 e. The number of hydrogen-bond acceptors (Lipinski definition) is 4. The van der Waals surface area contributed by atoms with Crippen molar-refractivity contribution in [1.82, 2.24) is 14.7 Å². The molecule has 6 heteroatoms. The van der Waals surface area contributed by atoms with Gasteiger partial charge in [-0.15, -0.1) is 0 Å². The molecule has 2 heterocycles. The number of imide groups is 1. The molecular formula is C29H37N3O3. The van der Waals surface area contributed by atoms with E-state index >= 15 is 0 Å². The number of piperidine rings is 1. The van der Waals surface area contributed by atoms with Crippen LogP contribution in [0, 0.1) is 5.92 Å². The maximum atomic E-state index is 13.9. The molecule has 2 saturated heterocycles. The van der Waals surface area contributed by atoms with Crippen molar-refractivity contribution in [3.8, 4) is 0 Å². The van der Waals surface area contributed by atoms with E-state index in [1.165, 1.54) is 17.7 Å². The van der Waals surface area contributed by atoms with Crippen LogP contribution in [0.5, 0.6) is 0 Å². The number of ether oxygens (including phenoxy) is 1. The predicted molar refractivity (Wildman–Crippen MR) is 138 cm³/mol. The van der Waals surface area contributed by atoms with Gasteiger partial charge in [-0.05, 0) is 66.8 Å². The van der Waals surface area contributed by atoms with Crippen molar-refractivity contribution in [3.63, 3.8) is 0 Å². The highest BCUT2D eigenvalue weighted by atomic mass is 16.5. The van der Waals surface area contributed by atoms with Crippen molar-refractivity contribution >= 4 is 22.7 Å². The zero-order valence-corrected chi connectivity index (χ0v) is 20.8. The Morgan fingerprint density at radius 1 is 1.03 bits per heavy atom. The van der Waals surface area contributed by atoms with Crippen molar-refractivity contribution in [3.05, 3.63) is 60.2 Å². The molecule has 2 fully saturated rings. The van der Waals surface area contributed by atoms with E-state index in [1.807, 2.05) is 23.1 Å². The molecule has 186 valence electrons. The molecule has 5 rings (SSSR count). The third kappa shape index (κ3) is 4.87. The minimum atomic E-state index is -0.718. The number of carbonyl (C=O) groups excluding carboxylic acids is 2. The number of nitrogens with zero attached hydrogens (tertiary/aromatic N) is 3. The van der Waals surface area contributed by atoms with E-state index in [0.29, 0.717) is 38.5 Å². The predicted octanol–water partition coefficient (Wildman–Crippen LogP) is 4.83. The van der Waals surface area contributed by atoms with Crippen LogP contribution < -0.4 is 0 Å². The molecule has 1 spiro atoms. The van der Waals surface area contributed by atoms with Gasteiger partial charge in [0.15, 0.2) is 0 Å². The van der Waals surface area contributed by atoms with Crippen LogP contribution in [-0.4, -0.2) is 72.1 Å². The van der Waals surface area contributed by atoms with Gasteiger partial charge in [-0.25, -0.2) is 4.79 Å². The van der Waals surface area contributed by atoms with Crippen molar-refractivity contribution in [1.29, 1.82) is 0 Å². The van der Waals surface area contributed by atoms with Crippen LogP contribution in [0.4, 0.5) is 4.79 Å². The number of amides is 3. The highest BCUT2D eigenvalue weighted by molar-refractivity contribution is 6.07. The number of allylic oxidation sites excluding steroid dienone is 2. The molecule has 3 aliphatic rings. The molecule has 2 aromatic rings. The minimum absolute atomic E-state index is 0.0201. The Bertz CT molecular complexity index is 1090. The molecule has 0 unspecified atom stereocenters. The second-order valence-corrected chi connectivity index (χ2v) is 10.3. The average molecular weight is 476 g/mol. The largest absolute Gasteiger partial charge is 0.385 e. The molecule has 1 atom stereocenters. The lowest BCUT2D eigenvalue weighted by molar-refractivity contribution is -0.136. The van der Waals surface area contributed by atoms with Gasteiger partial charge in [0.05, 0.1) is 6.54 Å². The second kappa shape index (κ2) is 10.5. The number of urea groups is 1. The van der Waals surface area contributed by atoms with Crippen molar-refractivity contribution < 1.29 is 14.3 Å². The van der Waals surface area contributed by atoms with Crippen LogP contribution in [0.1, 0.15) is 44.1 Å². The average Bonchev–Trinajstić information content (AvgIpc) is 3.07. The number of rotatable bonds is 8. The first-order valence-corrected chi connectivity index (χ1v) is 13.1. The van der Waals surface area contributed by atoms with Gasteiger partial charge in [-0.3, -0.25) is 9.69 Å². The Kier molecular flexibility index (Phi) is 7.21. The molecule has 0 radical (unpaired) electrons. The van der Waals surface area contributed by atoms with E-state index in [-0.39, 0.29) is 11.9 Å². The van der Waals surface area contributed by atoms with E-state index in [2.05, 4.69) is 41.3 Å². The summed E-state index contributed by atoms with van der Waals surface area (Å²) in [5.41, 5.74) is 0.270. The Hall–Kier alpha value is -2.70. The Labute approximate surface area is 208 Å². The van der Waals surface area contributed by atoms with Gasteiger partial charge in [-0.1, -0.05) is 48.6 Å². The van der Waals surface area contributed by atoms with Gasteiger partial charge < -0.3 is 14.5 Å². The van der Waals surface area contributed by atoms with Crippen LogP contribution >= 0.6 is 0 Å². The molecule has 3 amide bonds. The molecular weight excluding hydrogens is 438 g/mol. The normalized spacial score (nSPS) is 22.6. The monoisotopic (exact) mass is 475 g/mol. The Morgan fingerprint density at radius 3 is 2.57 bits per heavy atom. The fourth-order valence-corrected chi connectivity index (χ4v) is 6.09. The van der Waals surface area contributed by atoms with Crippen LogP contribution in [0.15, 0.2) is 54.6 Å². The van der Waals surface area contributed by atoms with Gasteiger partial charge in [0.1, 0.15) is 5.54 Å². The van der Waals surface area contributed by atoms with E-state index in [4.69, 9.17) is 4.74 Å². The van der Waals surface area contributed by atoms with Gasteiger partial charge in [0, 0.05) is 39.9 Å². The molecule has 2 aliphatic heterocycles. The number of carbonyl (C=O) groups is 2. The van der Waals surface area contributed by atoms with E-state index in [0.717, 1.165) is 48.8 Å². The van der Waals surface area contributed by atoms with Gasteiger partial charge in [0.2, 0.25) is 0 Å². The van der Waals surface area contributed by atoms with Crippen LogP contribution in [-0.2, 0) is 16.1 Å². The lowest BCUT2D eigenvalue weighted by atomic mass is 9.84. The zero-order chi connectivity index (χ0) is 24.3. The number of hydrogen-bond donors (Lipinski definition) is 0. The molecule has 6 nitrogen and oxygen atoms in total. The quantitative estimate of drug-likeness (QED) is 0.312. The first kappa shape index (κ1) is 24.0. The van der Waals surface area contributed by atoms with Gasteiger partial charge in [-0.2, -0.15) is 0 Å². The Morgan fingerprint density at radius 2 is 1.83 bits per heavy atom. The first-order chi connectivity index (χ1) is 17.1. The zero-order valence-electron chi connectivity index (χ0n) is 20.8. The number of fused-ring (bicyclic) bond motifs is 1. The summed E-state index contributed by atoms with van der Waals surface area (Å²) >= 11 is 0. The topological polar surface area (TPSA) is 53.1 Å². The van der Waals surface area contributed by atoms with E-state index < -0.39 is 5.54 Å². The summed E-state index contributed by atoms with van der Waals surface area (Å²) in [5.74, 6) is 0.686. The third-order valence-electron chi connectivity index (χ3n) is 8.08. The SMILES string of the molecule is COCCCN1C(=O)N(Cc2ccc3ccccc3c2)C(=O)C12CCN(C[C@H]1CC=CCC1)CC2. The van der Waals surface area contributed by atoms with E-state index in [1.54, 1.807) is 7.11 Å². The lowest BCUT2D eigenvalue weighted by Gasteiger charge is -2.43. The summed E-state index contributed by atoms with van der Waals surface area (Å²) in [6.45, 7) is 4.28. The summed E-state index contributed by atoms with van der Waals surface area (Å²) in [7, 11) is 1.68. The number of likely N-dealkylation sites (tertiary alicyclic amines) is 1. The molecule has 0 N–H and O–H groups in total. The van der Waals surface area contributed by atoms with Crippen molar-refractivity contribution in [2.24, 2.45) is 5.92 Å². The van der Waals surface area contributed by atoms with Gasteiger partial charge in [0.25, 0.3) is 5.91 Å². The number of benzene rings is 2. The van der Waals surface area contributed by atoms with Crippen molar-refractivity contribution in [2.45, 2.75) is 50.6 Å². The minimum Gasteiger partial charge on any atom is -0.385 e. The smallest absolute Gasteiger partial charge is 0.327 e. The molecule has 35 heavy (non-hydrogen) atoms. The fraction of sp³-hybridized carbons (Fsp3) is 0.517. The molecule has 0 bridgehead atoms. The highest BCUT2D eigenvalue weighted by Crippen LogP contribution is 2.39.